The first-order chi connectivity index (χ1) is 11.6. The van der Waals surface area contributed by atoms with Crippen LogP contribution in [-0.4, -0.2) is 73.7 Å². The number of fused-ring (bicyclic) bond motifs is 2. The molecule has 4 rings (SSSR count). The molecule has 1 amide bonds. The number of anilines is 1. The number of rotatable bonds is 3. The maximum Gasteiger partial charge on any atom is 0.242 e. The highest BCUT2D eigenvalue weighted by molar-refractivity contribution is 5.82. The fourth-order valence-electron chi connectivity index (χ4n) is 4.73. The lowest BCUT2D eigenvalue weighted by atomic mass is 9.73. The number of para-hydroxylation sites is 1. The average molecular weight is 329 g/mol. The summed E-state index contributed by atoms with van der Waals surface area (Å²) in [5, 5.41) is 9.99. The van der Waals surface area contributed by atoms with E-state index in [-0.39, 0.29) is 17.9 Å². The fourth-order valence-corrected chi connectivity index (χ4v) is 4.73. The minimum Gasteiger partial charge on any atom is -0.396 e. The molecule has 0 bridgehead atoms. The van der Waals surface area contributed by atoms with Crippen molar-refractivity contribution < 1.29 is 9.90 Å². The van der Waals surface area contributed by atoms with Crippen LogP contribution in [0.4, 0.5) is 5.69 Å². The number of piperidine rings is 1. The lowest BCUT2D eigenvalue weighted by molar-refractivity contribution is -0.129. The summed E-state index contributed by atoms with van der Waals surface area (Å²) in [6.45, 7) is 5.09. The quantitative estimate of drug-likeness (QED) is 0.892. The zero-order chi connectivity index (χ0) is 16.7. The second-order valence-electron chi connectivity index (χ2n) is 7.80. The number of aliphatic hydroxyl groups is 1. The highest BCUT2D eigenvalue weighted by atomic mass is 16.3. The summed E-state index contributed by atoms with van der Waals surface area (Å²) < 4.78 is 0. The summed E-state index contributed by atoms with van der Waals surface area (Å²) in [7, 11) is 2.13. The van der Waals surface area contributed by atoms with Gasteiger partial charge in [-0.3, -0.25) is 4.79 Å². The molecule has 2 fully saturated rings. The van der Waals surface area contributed by atoms with Gasteiger partial charge in [0.2, 0.25) is 5.91 Å². The van der Waals surface area contributed by atoms with Crippen LogP contribution < -0.4 is 4.90 Å². The highest BCUT2D eigenvalue weighted by Gasteiger charge is 2.49. The van der Waals surface area contributed by atoms with E-state index in [1.54, 1.807) is 0 Å². The molecule has 3 aliphatic heterocycles. The number of benzene rings is 1. The van der Waals surface area contributed by atoms with Gasteiger partial charge in [0.1, 0.15) is 0 Å². The van der Waals surface area contributed by atoms with Crippen molar-refractivity contribution >= 4 is 11.6 Å². The van der Waals surface area contributed by atoms with Gasteiger partial charge in [0.15, 0.2) is 0 Å². The van der Waals surface area contributed by atoms with Crippen molar-refractivity contribution in [2.24, 2.45) is 11.3 Å². The summed E-state index contributed by atoms with van der Waals surface area (Å²) in [6.07, 6.45) is 2.01. The molecule has 0 unspecified atom stereocenters. The Morgan fingerprint density at radius 1 is 1.29 bits per heavy atom. The Labute approximate surface area is 143 Å². The van der Waals surface area contributed by atoms with E-state index in [1.165, 1.54) is 11.3 Å². The van der Waals surface area contributed by atoms with Crippen LogP contribution in [-0.2, 0) is 11.2 Å². The first kappa shape index (κ1) is 15.9. The van der Waals surface area contributed by atoms with Gasteiger partial charge in [-0.05, 0) is 44.0 Å². The second-order valence-corrected chi connectivity index (χ2v) is 7.80. The number of carbonyl (C=O) groups excluding carboxylic acids is 1. The largest absolute Gasteiger partial charge is 0.396 e. The predicted octanol–water partition coefficient (Wildman–Crippen LogP) is 0.822. The van der Waals surface area contributed by atoms with Gasteiger partial charge >= 0.3 is 0 Å². The van der Waals surface area contributed by atoms with Crippen molar-refractivity contribution in [2.75, 3.05) is 57.8 Å². The molecule has 5 nitrogen and oxygen atoms in total. The summed E-state index contributed by atoms with van der Waals surface area (Å²) >= 11 is 0. The van der Waals surface area contributed by atoms with E-state index in [1.807, 2.05) is 11.0 Å². The van der Waals surface area contributed by atoms with Crippen molar-refractivity contribution in [3.05, 3.63) is 29.8 Å². The van der Waals surface area contributed by atoms with Crippen molar-refractivity contribution in [3.8, 4) is 0 Å². The Bertz CT molecular complexity index is 635. The molecular weight excluding hydrogens is 302 g/mol. The molecule has 2 saturated heterocycles. The average Bonchev–Trinajstić information content (AvgIpc) is 3.17. The molecule has 130 valence electrons. The molecule has 0 radical (unpaired) electrons. The molecule has 2 atom stereocenters. The van der Waals surface area contributed by atoms with Crippen LogP contribution in [0.1, 0.15) is 12.0 Å². The molecule has 0 aromatic heterocycles. The smallest absolute Gasteiger partial charge is 0.242 e. The first-order valence-electron chi connectivity index (χ1n) is 9.01. The molecule has 24 heavy (non-hydrogen) atoms. The number of nitrogens with zero attached hydrogens (tertiary/aromatic N) is 3. The number of carbonyl (C=O) groups is 1. The van der Waals surface area contributed by atoms with Crippen LogP contribution in [0.2, 0.25) is 0 Å². The third kappa shape index (κ3) is 2.60. The van der Waals surface area contributed by atoms with Crippen molar-refractivity contribution in [3.63, 3.8) is 0 Å². The Morgan fingerprint density at radius 3 is 2.96 bits per heavy atom. The first-order valence-corrected chi connectivity index (χ1v) is 9.01. The molecule has 1 aromatic carbocycles. The second kappa shape index (κ2) is 6.05. The van der Waals surface area contributed by atoms with Crippen LogP contribution in [0.25, 0.3) is 0 Å². The highest BCUT2D eigenvalue weighted by Crippen LogP contribution is 2.42. The van der Waals surface area contributed by atoms with Crippen LogP contribution >= 0.6 is 0 Å². The van der Waals surface area contributed by atoms with E-state index in [0.29, 0.717) is 12.5 Å². The lowest BCUT2D eigenvalue weighted by Gasteiger charge is -2.40. The third-order valence-electron chi connectivity index (χ3n) is 6.31. The van der Waals surface area contributed by atoms with Crippen molar-refractivity contribution in [2.45, 2.75) is 12.8 Å². The van der Waals surface area contributed by atoms with E-state index < -0.39 is 0 Å². The number of amides is 1. The fraction of sp³-hybridized carbons (Fsp3) is 0.632. The normalized spacial score (nSPS) is 29.7. The number of hydrogen-bond donors (Lipinski definition) is 1. The Balaban J connectivity index is 1.45. The standard InChI is InChI=1S/C19H27N3O2/c1-20-9-7-19(14-23)13-22(11-16(19)10-20)18(24)12-21-8-6-15-4-2-3-5-17(15)21/h2-5,16,23H,6-14H2,1H3/t16-,19+/m1/s1. The van der Waals surface area contributed by atoms with Crippen LogP contribution in [0, 0.1) is 11.3 Å². The zero-order valence-corrected chi connectivity index (χ0v) is 14.4. The molecular formula is C19H27N3O2. The Hall–Kier alpha value is -1.59. The molecule has 0 spiro atoms. The van der Waals surface area contributed by atoms with Crippen LogP contribution in [0.3, 0.4) is 0 Å². The minimum absolute atomic E-state index is 0.0783. The van der Waals surface area contributed by atoms with Gasteiger partial charge < -0.3 is 19.8 Å². The maximum absolute atomic E-state index is 12.9. The predicted molar refractivity (Wildman–Crippen MR) is 94.1 cm³/mol. The monoisotopic (exact) mass is 329 g/mol. The van der Waals surface area contributed by atoms with Gasteiger partial charge in [-0.1, -0.05) is 18.2 Å². The molecule has 0 saturated carbocycles. The molecule has 0 aliphatic carbocycles. The zero-order valence-electron chi connectivity index (χ0n) is 14.4. The van der Waals surface area contributed by atoms with E-state index in [0.717, 1.165) is 45.6 Å². The van der Waals surface area contributed by atoms with E-state index >= 15 is 0 Å². The number of likely N-dealkylation sites (tertiary alicyclic amines) is 2. The molecule has 3 heterocycles. The topological polar surface area (TPSA) is 47.0 Å². The van der Waals surface area contributed by atoms with Gasteiger partial charge in [-0.15, -0.1) is 0 Å². The van der Waals surface area contributed by atoms with Gasteiger partial charge in [0.05, 0.1) is 13.2 Å². The van der Waals surface area contributed by atoms with Gasteiger partial charge in [0.25, 0.3) is 0 Å². The maximum atomic E-state index is 12.9. The Kier molecular flexibility index (Phi) is 4.01. The molecule has 5 heteroatoms. The number of aliphatic hydroxyl groups excluding tert-OH is 1. The summed E-state index contributed by atoms with van der Waals surface area (Å²) in [6, 6.07) is 8.38. The van der Waals surface area contributed by atoms with E-state index in [2.05, 4.69) is 35.0 Å². The summed E-state index contributed by atoms with van der Waals surface area (Å²) in [5.74, 6) is 0.604. The lowest BCUT2D eigenvalue weighted by Crippen LogP contribution is -2.47. The SMILES string of the molecule is CN1CC[C@@]2(CO)CN(C(=O)CN3CCc4ccccc43)C[C@H]2C1. The van der Waals surface area contributed by atoms with Crippen molar-refractivity contribution in [1.82, 2.24) is 9.80 Å². The Morgan fingerprint density at radius 2 is 2.12 bits per heavy atom. The van der Waals surface area contributed by atoms with Gasteiger partial charge in [-0.2, -0.15) is 0 Å². The van der Waals surface area contributed by atoms with Crippen molar-refractivity contribution in [1.29, 1.82) is 0 Å². The van der Waals surface area contributed by atoms with Crippen LogP contribution in [0.15, 0.2) is 24.3 Å². The third-order valence-corrected chi connectivity index (χ3v) is 6.31. The number of hydrogen-bond acceptors (Lipinski definition) is 4. The summed E-state index contributed by atoms with van der Waals surface area (Å²) in [4.78, 5) is 19.4. The minimum atomic E-state index is -0.0783. The van der Waals surface area contributed by atoms with Gasteiger partial charge in [0, 0.05) is 37.3 Å². The van der Waals surface area contributed by atoms with E-state index in [9.17, 15) is 9.90 Å². The van der Waals surface area contributed by atoms with Gasteiger partial charge in [-0.25, -0.2) is 0 Å². The molecule has 1 N–H and O–H groups in total. The molecule has 3 aliphatic rings. The van der Waals surface area contributed by atoms with E-state index in [4.69, 9.17) is 0 Å². The summed E-state index contributed by atoms with van der Waals surface area (Å²) in [5.41, 5.74) is 2.47. The van der Waals surface area contributed by atoms with Crippen LogP contribution in [0.5, 0.6) is 0 Å². The molecule has 1 aromatic rings.